The smallest absolute Gasteiger partial charge is 0.255 e. The van der Waals surface area contributed by atoms with Crippen molar-refractivity contribution in [3.63, 3.8) is 0 Å². The Bertz CT molecular complexity index is 791. The van der Waals surface area contributed by atoms with Gasteiger partial charge in [-0.05, 0) is 68.7 Å². The summed E-state index contributed by atoms with van der Waals surface area (Å²) in [5, 5.41) is 5.88. The van der Waals surface area contributed by atoms with Crippen molar-refractivity contribution in [3.8, 4) is 5.75 Å². The third-order valence-electron chi connectivity index (χ3n) is 4.65. The largest absolute Gasteiger partial charge is 0.497 e. The summed E-state index contributed by atoms with van der Waals surface area (Å²) in [5.41, 5.74) is 1.86. The lowest BCUT2D eigenvalue weighted by Gasteiger charge is -2.18. The van der Waals surface area contributed by atoms with E-state index in [0.717, 1.165) is 18.4 Å². The number of ether oxygens (including phenoxy) is 1. The summed E-state index contributed by atoms with van der Waals surface area (Å²) in [4.78, 5) is 24.8. The van der Waals surface area contributed by atoms with E-state index < -0.39 is 5.41 Å². The van der Waals surface area contributed by atoms with Gasteiger partial charge in [-0.2, -0.15) is 0 Å². The molecule has 2 aromatic carbocycles. The number of hydrogen-bond donors (Lipinski definition) is 2. The van der Waals surface area contributed by atoms with Gasteiger partial charge in [0.25, 0.3) is 5.91 Å². The molecule has 0 unspecified atom stereocenters. The molecule has 136 valence electrons. The minimum atomic E-state index is -0.400. The molecular weight excluding hydrogens is 328 g/mol. The maximum absolute atomic E-state index is 12.4. The van der Waals surface area contributed by atoms with Crippen molar-refractivity contribution < 1.29 is 14.3 Å². The average molecular weight is 352 g/mol. The molecule has 3 rings (SSSR count). The number of carbonyl (C=O) groups excluding carboxylic acids is 2. The second kappa shape index (κ2) is 7.20. The van der Waals surface area contributed by atoms with Crippen LogP contribution >= 0.6 is 0 Å². The summed E-state index contributed by atoms with van der Waals surface area (Å²) >= 11 is 0. The summed E-state index contributed by atoms with van der Waals surface area (Å²) in [5.74, 6) is 0.613. The molecular formula is C21H24N2O3. The molecule has 1 fully saturated rings. The molecule has 0 spiro atoms. The minimum Gasteiger partial charge on any atom is -0.497 e. The van der Waals surface area contributed by atoms with Crippen molar-refractivity contribution in [3.05, 3.63) is 59.7 Å². The van der Waals surface area contributed by atoms with E-state index in [1.54, 1.807) is 31.4 Å². The zero-order chi connectivity index (χ0) is 18.7. The summed E-state index contributed by atoms with van der Waals surface area (Å²) in [6.07, 6.45) is 1.73. The number of hydrogen-bond acceptors (Lipinski definition) is 3. The maximum atomic E-state index is 12.4. The quantitative estimate of drug-likeness (QED) is 0.836. The lowest BCUT2D eigenvalue weighted by Crippen LogP contribution is -2.38. The lowest BCUT2D eigenvalue weighted by atomic mass is 9.94. The molecule has 2 amide bonds. The topological polar surface area (TPSA) is 67.4 Å². The van der Waals surface area contributed by atoms with Crippen molar-refractivity contribution in [1.82, 2.24) is 5.32 Å². The lowest BCUT2D eigenvalue weighted by molar-refractivity contribution is -0.124. The third-order valence-corrected chi connectivity index (χ3v) is 4.65. The molecule has 0 radical (unpaired) electrons. The molecule has 2 N–H and O–H groups in total. The van der Waals surface area contributed by atoms with Crippen LogP contribution in [0.2, 0.25) is 0 Å². The van der Waals surface area contributed by atoms with E-state index >= 15 is 0 Å². The van der Waals surface area contributed by atoms with Gasteiger partial charge in [-0.1, -0.05) is 12.1 Å². The van der Waals surface area contributed by atoms with Crippen LogP contribution in [0.3, 0.4) is 0 Å². The Hall–Kier alpha value is -2.82. The Kier molecular flexibility index (Phi) is 4.98. The number of methoxy groups -OCH3 is 1. The van der Waals surface area contributed by atoms with Crippen LogP contribution in [-0.4, -0.2) is 25.0 Å². The van der Waals surface area contributed by atoms with E-state index in [1.807, 2.05) is 38.1 Å². The number of amides is 2. The van der Waals surface area contributed by atoms with E-state index in [-0.39, 0.29) is 17.9 Å². The van der Waals surface area contributed by atoms with Gasteiger partial charge in [0.15, 0.2) is 0 Å². The fourth-order valence-electron chi connectivity index (χ4n) is 2.99. The zero-order valence-electron chi connectivity index (χ0n) is 15.3. The van der Waals surface area contributed by atoms with Crippen LogP contribution in [0.4, 0.5) is 5.69 Å². The van der Waals surface area contributed by atoms with E-state index in [1.165, 1.54) is 0 Å². The molecule has 0 heterocycles. The van der Waals surface area contributed by atoms with Crippen molar-refractivity contribution in [1.29, 1.82) is 0 Å². The summed E-state index contributed by atoms with van der Waals surface area (Å²) < 4.78 is 5.10. The van der Waals surface area contributed by atoms with Crippen LogP contribution in [0.1, 0.15) is 42.6 Å². The van der Waals surface area contributed by atoms with E-state index in [9.17, 15) is 9.59 Å². The third kappa shape index (κ3) is 3.72. The van der Waals surface area contributed by atoms with Gasteiger partial charge in [-0.25, -0.2) is 0 Å². The number of benzene rings is 2. The van der Waals surface area contributed by atoms with Crippen LogP contribution in [0, 0.1) is 0 Å². The van der Waals surface area contributed by atoms with Crippen LogP contribution in [0.25, 0.3) is 0 Å². The number of anilines is 1. The molecule has 0 saturated heterocycles. The molecule has 0 aliphatic heterocycles. The predicted molar refractivity (Wildman–Crippen MR) is 102 cm³/mol. The van der Waals surface area contributed by atoms with Gasteiger partial charge in [0.05, 0.1) is 12.5 Å². The molecule has 0 atom stereocenters. The Labute approximate surface area is 153 Å². The van der Waals surface area contributed by atoms with Crippen molar-refractivity contribution in [2.45, 2.75) is 38.1 Å². The van der Waals surface area contributed by atoms with E-state index in [2.05, 4.69) is 10.6 Å². The fourth-order valence-corrected chi connectivity index (χ4v) is 2.99. The van der Waals surface area contributed by atoms with Gasteiger partial charge < -0.3 is 15.4 Å². The highest BCUT2D eigenvalue weighted by Gasteiger charge is 2.51. The SMILES string of the molecule is COc1ccc(C(=O)Nc2ccc(C3(C(=O)NC(C)C)CC3)cc2)cc1. The summed E-state index contributed by atoms with van der Waals surface area (Å²) in [6, 6.07) is 14.6. The Morgan fingerprint density at radius 1 is 1.00 bits per heavy atom. The molecule has 1 aliphatic rings. The van der Waals surface area contributed by atoms with Crippen molar-refractivity contribution >= 4 is 17.5 Å². The first-order chi connectivity index (χ1) is 12.4. The molecule has 1 saturated carbocycles. The van der Waals surface area contributed by atoms with Gasteiger partial charge in [-0.3, -0.25) is 9.59 Å². The minimum absolute atomic E-state index is 0.0857. The molecule has 26 heavy (non-hydrogen) atoms. The molecule has 5 heteroatoms. The van der Waals surface area contributed by atoms with Crippen LogP contribution in [0.5, 0.6) is 5.75 Å². The van der Waals surface area contributed by atoms with Gasteiger partial charge in [0, 0.05) is 17.3 Å². The van der Waals surface area contributed by atoms with Gasteiger partial charge in [0.1, 0.15) is 5.75 Å². The molecule has 0 aromatic heterocycles. The number of rotatable bonds is 6. The predicted octanol–water partition coefficient (Wildman–Crippen LogP) is 3.50. The second-order valence-corrected chi connectivity index (χ2v) is 6.97. The standard InChI is InChI=1S/C21H24N2O3/c1-14(2)22-20(25)21(12-13-21)16-6-8-17(9-7-16)23-19(24)15-4-10-18(26-3)11-5-15/h4-11,14H,12-13H2,1-3H3,(H,22,25)(H,23,24). The second-order valence-electron chi connectivity index (χ2n) is 6.97. The highest BCUT2D eigenvalue weighted by Crippen LogP contribution is 2.48. The average Bonchev–Trinajstić information content (AvgIpc) is 3.44. The number of carbonyl (C=O) groups is 2. The van der Waals surface area contributed by atoms with Crippen LogP contribution in [-0.2, 0) is 10.2 Å². The van der Waals surface area contributed by atoms with Crippen LogP contribution < -0.4 is 15.4 Å². The maximum Gasteiger partial charge on any atom is 0.255 e. The fraction of sp³-hybridized carbons (Fsp3) is 0.333. The molecule has 1 aliphatic carbocycles. The highest BCUT2D eigenvalue weighted by atomic mass is 16.5. The highest BCUT2D eigenvalue weighted by molar-refractivity contribution is 6.04. The summed E-state index contributed by atoms with van der Waals surface area (Å²) in [7, 11) is 1.59. The molecule has 2 aromatic rings. The monoisotopic (exact) mass is 352 g/mol. The van der Waals surface area contributed by atoms with Gasteiger partial charge in [-0.15, -0.1) is 0 Å². The Morgan fingerprint density at radius 3 is 2.12 bits per heavy atom. The normalized spacial score (nSPS) is 14.6. The van der Waals surface area contributed by atoms with Crippen molar-refractivity contribution in [2.75, 3.05) is 12.4 Å². The van der Waals surface area contributed by atoms with Crippen LogP contribution in [0.15, 0.2) is 48.5 Å². The number of nitrogens with one attached hydrogen (secondary N) is 2. The Morgan fingerprint density at radius 2 is 1.62 bits per heavy atom. The van der Waals surface area contributed by atoms with Crippen molar-refractivity contribution in [2.24, 2.45) is 0 Å². The zero-order valence-corrected chi connectivity index (χ0v) is 15.3. The summed E-state index contributed by atoms with van der Waals surface area (Å²) in [6.45, 7) is 3.93. The molecule has 0 bridgehead atoms. The first-order valence-electron chi connectivity index (χ1n) is 8.81. The first-order valence-corrected chi connectivity index (χ1v) is 8.81. The first kappa shape index (κ1) is 18.0. The van der Waals surface area contributed by atoms with E-state index in [0.29, 0.717) is 17.0 Å². The van der Waals surface area contributed by atoms with Gasteiger partial charge >= 0.3 is 0 Å². The van der Waals surface area contributed by atoms with Gasteiger partial charge in [0.2, 0.25) is 5.91 Å². The van der Waals surface area contributed by atoms with E-state index in [4.69, 9.17) is 4.74 Å². The molecule has 5 nitrogen and oxygen atoms in total. The Balaban J connectivity index is 1.68.